The van der Waals surface area contributed by atoms with Crippen molar-refractivity contribution in [3.8, 4) is 0 Å². The first-order valence-corrected chi connectivity index (χ1v) is 12.0. The molecule has 3 rings (SSSR count). The summed E-state index contributed by atoms with van der Waals surface area (Å²) >= 11 is 0. The number of piperidine rings is 1. The van der Waals surface area contributed by atoms with Crippen LogP contribution in [0.4, 0.5) is 14.9 Å². The van der Waals surface area contributed by atoms with Crippen molar-refractivity contribution in [1.82, 2.24) is 14.9 Å². The van der Waals surface area contributed by atoms with Gasteiger partial charge in [0.05, 0.1) is 4.90 Å². The Morgan fingerprint density at radius 2 is 1.94 bits per heavy atom. The van der Waals surface area contributed by atoms with Crippen molar-refractivity contribution in [2.24, 2.45) is 5.92 Å². The Morgan fingerprint density at radius 3 is 2.69 bits per heavy atom. The third-order valence-corrected chi connectivity index (χ3v) is 6.71. The Balaban J connectivity index is 1.57. The second kappa shape index (κ2) is 10.6. The fourth-order valence-electron chi connectivity index (χ4n) is 3.65. The molecule has 0 aromatic heterocycles. The summed E-state index contributed by atoms with van der Waals surface area (Å²) in [6.45, 7) is 3.32. The van der Waals surface area contributed by atoms with Crippen LogP contribution in [0.15, 0.2) is 53.4 Å². The van der Waals surface area contributed by atoms with E-state index in [1.807, 2.05) is 0 Å². The lowest BCUT2D eigenvalue weighted by molar-refractivity contribution is 0.0675. The van der Waals surface area contributed by atoms with E-state index in [4.69, 9.17) is 0 Å². The van der Waals surface area contributed by atoms with Gasteiger partial charge in [0.1, 0.15) is 5.82 Å². The first-order chi connectivity index (χ1) is 15.3. The van der Waals surface area contributed by atoms with Crippen LogP contribution >= 0.6 is 0 Å². The van der Waals surface area contributed by atoms with Crippen LogP contribution in [0, 0.1) is 11.7 Å². The van der Waals surface area contributed by atoms with Gasteiger partial charge in [-0.1, -0.05) is 19.1 Å². The van der Waals surface area contributed by atoms with Gasteiger partial charge >= 0.3 is 6.03 Å². The van der Waals surface area contributed by atoms with E-state index in [0.717, 1.165) is 12.8 Å². The van der Waals surface area contributed by atoms with E-state index in [-0.39, 0.29) is 23.3 Å². The number of amides is 3. The monoisotopic (exact) mass is 462 g/mol. The summed E-state index contributed by atoms with van der Waals surface area (Å²) in [5, 5.41) is 5.34. The van der Waals surface area contributed by atoms with Crippen molar-refractivity contribution in [2.75, 3.05) is 31.5 Å². The first kappa shape index (κ1) is 23.7. The molecule has 10 heteroatoms. The number of sulfonamides is 1. The molecule has 2 aromatic carbocycles. The number of carbonyl (C=O) groups excluding carboxylic acids is 2. The number of likely N-dealkylation sites (tertiary alicyclic amines) is 1. The number of rotatable bonds is 7. The maximum absolute atomic E-state index is 13.2. The Morgan fingerprint density at radius 1 is 1.16 bits per heavy atom. The van der Waals surface area contributed by atoms with E-state index in [1.54, 1.807) is 30.0 Å². The topological polar surface area (TPSA) is 108 Å². The highest BCUT2D eigenvalue weighted by Gasteiger charge is 2.26. The van der Waals surface area contributed by atoms with Gasteiger partial charge in [0.15, 0.2) is 0 Å². The van der Waals surface area contributed by atoms with Crippen molar-refractivity contribution in [3.63, 3.8) is 0 Å². The molecule has 1 fully saturated rings. The van der Waals surface area contributed by atoms with Gasteiger partial charge in [0.2, 0.25) is 10.0 Å². The second-order valence-corrected chi connectivity index (χ2v) is 9.40. The Kier molecular flexibility index (Phi) is 7.81. The highest BCUT2D eigenvalue weighted by Crippen LogP contribution is 2.20. The summed E-state index contributed by atoms with van der Waals surface area (Å²) in [4.78, 5) is 26.8. The molecule has 1 heterocycles. The first-order valence-electron chi connectivity index (χ1n) is 10.5. The van der Waals surface area contributed by atoms with Gasteiger partial charge < -0.3 is 15.5 Å². The summed E-state index contributed by atoms with van der Waals surface area (Å²) in [6.07, 6.45) is 1.62. The fourth-order valence-corrected chi connectivity index (χ4v) is 4.73. The fraction of sp³-hybridized carbons (Fsp3) is 0.364. The van der Waals surface area contributed by atoms with Crippen LogP contribution in [-0.4, -0.2) is 51.4 Å². The lowest BCUT2D eigenvalue weighted by Crippen LogP contribution is -2.44. The van der Waals surface area contributed by atoms with E-state index in [9.17, 15) is 22.4 Å². The smallest absolute Gasteiger partial charge is 0.319 e. The van der Waals surface area contributed by atoms with E-state index in [0.29, 0.717) is 30.9 Å². The molecule has 1 aliphatic heterocycles. The second-order valence-electron chi connectivity index (χ2n) is 7.63. The lowest BCUT2D eigenvalue weighted by Gasteiger charge is -2.33. The molecule has 0 bridgehead atoms. The zero-order valence-electron chi connectivity index (χ0n) is 17.8. The average Bonchev–Trinajstić information content (AvgIpc) is 2.77. The number of anilines is 1. The molecule has 3 amide bonds. The minimum Gasteiger partial charge on any atom is -0.338 e. The largest absolute Gasteiger partial charge is 0.338 e. The number of hydrogen-bond donors (Lipinski definition) is 3. The number of hydrogen-bond acceptors (Lipinski definition) is 4. The molecule has 32 heavy (non-hydrogen) atoms. The number of nitrogens with zero attached hydrogens (tertiary/aromatic N) is 1. The molecule has 0 saturated carbocycles. The highest BCUT2D eigenvalue weighted by atomic mass is 32.2. The van der Waals surface area contributed by atoms with Gasteiger partial charge in [0, 0.05) is 37.4 Å². The van der Waals surface area contributed by atoms with Crippen molar-refractivity contribution < 1.29 is 22.4 Å². The van der Waals surface area contributed by atoms with E-state index in [1.165, 1.54) is 30.3 Å². The van der Waals surface area contributed by atoms with Crippen LogP contribution < -0.4 is 15.4 Å². The molecule has 3 N–H and O–H groups in total. The molecule has 1 aliphatic rings. The summed E-state index contributed by atoms with van der Waals surface area (Å²) in [5.74, 6) is -0.626. The maximum Gasteiger partial charge on any atom is 0.319 e. The third kappa shape index (κ3) is 6.27. The van der Waals surface area contributed by atoms with Gasteiger partial charge in [-0.25, -0.2) is 22.3 Å². The molecule has 0 aliphatic carbocycles. The summed E-state index contributed by atoms with van der Waals surface area (Å²) in [6, 6.07) is 11.2. The Labute approximate surface area is 187 Å². The molecule has 0 radical (unpaired) electrons. The van der Waals surface area contributed by atoms with E-state index >= 15 is 0 Å². The van der Waals surface area contributed by atoms with Crippen LogP contribution in [0.1, 0.15) is 30.1 Å². The third-order valence-electron chi connectivity index (χ3n) is 5.17. The minimum atomic E-state index is -3.65. The maximum atomic E-state index is 13.2. The number of benzene rings is 2. The number of urea groups is 1. The Bertz CT molecular complexity index is 1080. The molecule has 0 spiro atoms. The number of nitrogens with one attached hydrogen (secondary N) is 3. The molecule has 172 valence electrons. The van der Waals surface area contributed by atoms with Crippen LogP contribution in [0.25, 0.3) is 0 Å². The number of carbonyl (C=O) groups is 2. The zero-order valence-corrected chi connectivity index (χ0v) is 18.6. The molecule has 1 unspecified atom stereocenters. The molecule has 1 saturated heterocycles. The van der Waals surface area contributed by atoms with Crippen molar-refractivity contribution >= 4 is 27.6 Å². The average molecular weight is 463 g/mol. The van der Waals surface area contributed by atoms with E-state index in [2.05, 4.69) is 15.4 Å². The Hall–Kier alpha value is -2.98. The number of halogens is 1. The summed E-state index contributed by atoms with van der Waals surface area (Å²) < 4.78 is 40.1. The summed E-state index contributed by atoms with van der Waals surface area (Å²) in [5.41, 5.74) is 0.664. The minimum absolute atomic E-state index is 0.0504. The van der Waals surface area contributed by atoms with Crippen molar-refractivity contribution in [3.05, 3.63) is 59.9 Å². The standard InChI is InChI=1S/C22H27FN4O4S/c1-2-25-32(30,31)20-10-3-7-17(12-20)21(28)27-11-5-6-16(15-27)14-24-22(29)26-19-9-4-8-18(23)13-19/h3-4,7-10,12-13,16,25H,2,5-6,11,14-15H2,1H3,(H2,24,26,29). The van der Waals surface area contributed by atoms with Crippen molar-refractivity contribution in [1.29, 1.82) is 0 Å². The quantitative estimate of drug-likeness (QED) is 0.588. The molecule has 2 aromatic rings. The van der Waals surface area contributed by atoms with Crippen LogP contribution in [0.3, 0.4) is 0 Å². The zero-order chi connectivity index (χ0) is 23.1. The van der Waals surface area contributed by atoms with Crippen LogP contribution in [-0.2, 0) is 10.0 Å². The molecular weight excluding hydrogens is 435 g/mol. The predicted molar refractivity (Wildman–Crippen MR) is 119 cm³/mol. The predicted octanol–water partition coefficient (Wildman–Crippen LogP) is 2.80. The lowest BCUT2D eigenvalue weighted by atomic mass is 9.97. The van der Waals surface area contributed by atoms with Crippen molar-refractivity contribution in [2.45, 2.75) is 24.7 Å². The molecule has 1 atom stereocenters. The van der Waals surface area contributed by atoms with Gasteiger partial charge in [-0.05, 0) is 55.2 Å². The normalized spacial score (nSPS) is 16.4. The van der Waals surface area contributed by atoms with Gasteiger partial charge in [0.25, 0.3) is 5.91 Å². The molecular formula is C22H27FN4O4S. The van der Waals surface area contributed by atoms with Gasteiger partial charge in [-0.15, -0.1) is 0 Å². The SMILES string of the molecule is CCNS(=O)(=O)c1cccc(C(=O)N2CCCC(CNC(=O)Nc3cccc(F)c3)C2)c1. The van der Waals surface area contributed by atoms with E-state index < -0.39 is 21.9 Å². The highest BCUT2D eigenvalue weighted by molar-refractivity contribution is 7.89. The van der Waals surface area contributed by atoms with Crippen LogP contribution in [0.5, 0.6) is 0 Å². The van der Waals surface area contributed by atoms with Gasteiger partial charge in [-0.2, -0.15) is 0 Å². The molecule has 8 nitrogen and oxygen atoms in total. The van der Waals surface area contributed by atoms with Gasteiger partial charge in [-0.3, -0.25) is 4.79 Å². The van der Waals surface area contributed by atoms with Crippen LogP contribution in [0.2, 0.25) is 0 Å². The summed E-state index contributed by atoms with van der Waals surface area (Å²) in [7, 11) is -3.65.